The normalized spacial score (nSPS) is 25.8. The van der Waals surface area contributed by atoms with Crippen molar-refractivity contribution in [3.8, 4) is 0 Å². The van der Waals surface area contributed by atoms with Crippen molar-refractivity contribution in [2.75, 3.05) is 20.1 Å². The summed E-state index contributed by atoms with van der Waals surface area (Å²) in [4.78, 5) is 29.4. The first-order valence-corrected chi connectivity index (χ1v) is 7.24. The van der Waals surface area contributed by atoms with Gasteiger partial charge in [0.15, 0.2) is 5.69 Å². The molecule has 1 fully saturated rings. The Hall–Kier alpha value is -1.89. The highest BCUT2D eigenvalue weighted by atomic mass is 16.4. The molecule has 0 spiro atoms. The average Bonchev–Trinajstić information content (AvgIpc) is 3.01. The molecule has 2 atom stereocenters. The molecule has 1 aromatic heterocycles. The number of rotatable bonds is 3. The van der Waals surface area contributed by atoms with Crippen molar-refractivity contribution in [2.24, 2.45) is 0 Å². The third kappa shape index (κ3) is 2.31. The minimum atomic E-state index is -1.07. The van der Waals surface area contributed by atoms with Crippen LogP contribution in [0.2, 0.25) is 0 Å². The van der Waals surface area contributed by atoms with Crippen LogP contribution in [0.1, 0.15) is 53.2 Å². The van der Waals surface area contributed by atoms with Crippen LogP contribution in [0, 0.1) is 0 Å². The van der Waals surface area contributed by atoms with Crippen molar-refractivity contribution < 1.29 is 19.8 Å². The summed E-state index contributed by atoms with van der Waals surface area (Å²) in [6.45, 7) is 1.72. The second-order valence-electron chi connectivity index (χ2n) is 5.93. The average molecular weight is 293 g/mol. The predicted octanol–water partition coefficient (Wildman–Crippen LogP) is 0.962. The zero-order valence-corrected chi connectivity index (χ0v) is 11.9. The van der Waals surface area contributed by atoms with Crippen molar-refractivity contribution in [3.63, 3.8) is 0 Å². The molecule has 0 bridgehead atoms. The highest BCUT2D eigenvalue weighted by Gasteiger charge is 2.36. The summed E-state index contributed by atoms with van der Waals surface area (Å²) in [6.07, 6.45) is 2.69. The number of hydrogen-bond donors (Lipinski definition) is 2. The molecule has 0 saturated carbocycles. The Labute approximate surface area is 122 Å². The Balaban J connectivity index is 2.11. The molecule has 0 aromatic carbocycles. The number of hydrogen-bond acceptors (Lipinski definition) is 4. The van der Waals surface area contributed by atoms with E-state index in [9.17, 15) is 19.8 Å². The Kier molecular flexibility index (Phi) is 3.44. The first kappa shape index (κ1) is 14.1. The van der Waals surface area contributed by atoms with Gasteiger partial charge < -0.3 is 19.7 Å². The lowest BCUT2D eigenvalue weighted by Gasteiger charge is -2.25. The molecule has 3 rings (SSSR count). The number of aliphatic carboxylic acids is 1. The van der Waals surface area contributed by atoms with Crippen molar-refractivity contribution in [2.45, 2.75) is 37.6 Å². The zero-order valence-electron chi connectivity index (χ0n) is 11.9. The quantitative estimate of drug-likeness (QED) is 0.862. The molecular formula is C14H19N3O4. The summed E-state index contributed by atoms with van der Waals surface area (Å²) in [5.74, 6) is -1.22. The van der Waals surface area contributed by atoms with E-state index in [0.29, 0.717) is 30.8 Å². The van der Waals surface area contributed by atoms with Gasteiger partial charge in [0, 0.05) is 12.5 Å². The monoisotopic (exact) mass is 293 g/mol. The Bertz CT molecular complexity index is 595. The highest BCUT2D eigenvalue weighted by Crippen LogP contribution is 2.35. The number of carboxylic acids is 2. The molecule has 21 heavy (non-hydrogen) atoms. The second-order valence-corrected chi connectivity index (χ2v) is 5.93. The molecule has 2 N–H and O–H groups in total. The third-order valence-corrected chi connectivity index (χ3v) is 4.48. The number of aromatic carboxylic acids is 1. The summed E-state index contributed by atoms with van der Waals surface area (Å²) in [5, 5.41) is 18.8. The van der Waals surface area contributed by atoms with Crippen molar-refractivity contribution in [1.82, 2.24) is 14.5 Å². The van der Waals surface area contributed by atoms with Gasteiger partial charge in [0.1, 0.15) is 11.9 Å². The van der Waals surface area contributed by atoms with E-state index in [4.69, 9.17) is 0 Å². The standard InChI is InChI=1S/C14H19N3O4/c1-16-6-5-8(7-16)12-15-11(14(20)21)9-3-2-4-10(13(18)19)17(9)12/h8,10H,2-7H2,1H3,(H,18,19)(H,20,21). The molecule has 0 aliphatic carbocycles. The van der Waals surface area contributed by atoms with Crippen LogP contribution in [0.4, 0.5) is 0 Å². The largest absolute Gasteiger partial charge is 0.480 e. The number of fused-ring (bicyclic) bond motifs is 1. The number of likely N-dealkylation sites (tertiary alicyclic amines) is 1. The minimum Gasteiger partial charge on any atom is -0.480 e. The van der Waals surface area contributed by atoms with Crippen LogP contribution < -0.4 is 0 Å². The van der Waals surface area contributed by atoms with Crippen molar-refractivity contribution >= 4 is 11.9 Å². The van der Waals surface area contributed by atoms with Gasteiger partial charge in [-0.2, -0.15) is 0 Å². The zero-order chi connectivity index (χ0) is 15.1. The first-order chi connectivity index (χ1) is 9.99. The number of nitrogens with zero attached hydrogens (tertiary/aromatic N) is 3. The fourth-order valence-corrected chi connectivity index (χ4v) is 3.50. The number of imidazole rings is 1. The summed E-state index contributed by atoms with van der Waals surface area (Å²) in [7, 11) is 2.01. The Morgan fingerprint density at radius 3 is 2.62 bits per heavy atom. The van der Waals surface area contributed by atoms with Crippen LogP contribution in [0.15, 0.2) is 0 Å². The highest BCUT2D eigenvalue weighted by molar-refractivity contribution is 5.87. The van der Waals surface area contributed by atoms with Crippen LogP contribution in [0.5, 0.6) is 0 Å². The summed E-state index contributed by atoms with van der Waals surface area (Å²) < 4.78 is 1.69. The van der Waals surface area contributed by atoms with Crippen LogP contribution in [-0.4, -0.2) is 56.7 Å². The van der Waals surface area contributed by atoms with E-state index < -0.39 is 18.0 Å². The SMILES string of the molecule is CN1CCC(c2nc(C(=O)O)c3n2C(C(=O)O)CCC3)C1. The van der Waals surface area contributed by atoms with Gasteiger partial charge >= 0.3 is 11.9 Å². The molecule has 0 amide bonds. The van der Waals surface area contributed by atoms with E-state index in [1.807, 2.05) is 7.05 Å². The van der Waals surface area contributed by atoms with Gasteiger partial charge in [0.05, 0.1) is 5.69 Å². The molecule has 2 unspecified atom stereocenters. The number of likely N-dealkylation sites (N-methyl/N-ethyl adjacent to an activating group) is 1. The smallest absolute Gasteiger partial charge is 0.356 e. The maximum Gasteiger partial charge on any atom is 0.356 e. The van der Waals surface area contributed by atoms with Gasteiger partial charge in [-0.15, -0.1) is 0 Å². The van der Waals surface area contributed by atoms with Crippen LogP contribution in [-0.2, 0) is 11.2 Å². The molecule has 2 aliphatic heterocycles. The summed E-state index contributed by atoms with van der Waals surface area (Å²) in [5.41, 5.74) is 0.608. The lowest BCUT2D eigenvalue weighted by atomic mass is 10.00. The van der Waals surface area contributed by atoms with Crippen molar-refractivity contribution in [1.29, 1.82) is 0 Å². The Morgan fingerprint density at radius 1 is 1.29 bits per heavy atom. The fraction of sp³-hybridized carbons (Fsp3) is 0.643. The van der Waals surface area contributed by atoms with E-state index in [1.165, 1.54) is 0 Å². The topological polar surface area (TPSA) is 95.7 Å². The predicted molar refractivity (Wildman–Crippen MR) is 73.7 cm³/mol. The number of carbonyl (C=O) groups is 2. The molecule has 7 nitrogen and oxygen atoms in total. The summed E-state index contributed by atoms with van der Waals surface area (Å²) >= 11 is 0. The molecular weight excluding hydrogens is 274 g/mol. The molecule has 114 valence electrons. The molecule has 1 saturated heterocycles. The van der Waals surface area contributed by atoms with E-state index in [-0.39, 0.29) is 11.6 Å². The van der Waals surface area contributed by atoms with Crippen LogP contribution >= 0.6 is 0 Å². The molecule has 2 aliphatic rings. The fourth-order valence-electron chi connectivity index (χ4n) is 3.50. The van der Waals surface area contributed by atoms with Gasteiger partial charge in [-0.05, 0) is 39.3 Å². The molecule has 3 heterocycles. The van der Waals surface area contributed by atoms with Gasteiger partial charge in [0.25, 0.3) is 0 Å². The van der Waals surface area contributed by atoms with Crippen LogP contribution in [0.25, 0.3) is 0 Å². The van der Waals surface area contributed by atoms with E-state index in [0.717, 1.165) is 19.5 Å². The number of carboxylic acid groups (broad SMARTS) is 2. The van der Waals surface area contributed by atoms with Crippen molar-refractivity contribution in [3.05, 3.63) is 17.2 Å². The lowest BCUT2D eigenvalue weighted by molar-refractivity contribution is -0.141. The molecule has 0 radical (unpaired) electrons. The Morgan fingerprint density at radius 2 is 2.05 bits per heavy atom. The van der Waals surface area contributed by atoms with Gasteiger partial charge in [-0.3, -0.25) is 0 Å². The minimum absolute atomic E-state index is 0.0329. The van der Waals surface area contributed by atoms with E-state index >= 15 is 0 Å². The van der Waals surface area contributed by atoms with E-state index in [2.05, 4.69) is 9.88 Å². The first-order valence-electron chi connectivity index (χ1n) is 7.24. The molecule has 1 aromatic rings. The third-order valence-electron chi connectivity index (χ3n) is 4.48. The lowest BCUT2D eigenvalue weighted by Crippen LogP contribution is -2.28. The maximum absolute atomic E-state index is 11.5. The molecule has 7 heteroatoms. The maximum atomic E-state index is 11.5. The van der Waals surface area contributed by atoms with E-state index in [1.54, 1.807) is 4.57 Å². The summed E-state index contributed by atoms with van der Waals surface area (Å²) in [6, 6.07) is -0.685. The number of aromatic nitrogens is 2. The van der Waals surface area contributed by atoms with Gasteiger partial charge in [-0.1, -0.05) is 0 Å². The van der Waals surface area contributed by atoms with Gasteiger partial charge in [-0.25, -0.2) is 14.6 Å². The van der Waals surface area contributed by atoms with Gasteiger partial charge in [0.2, 0.25) is 0 Å². The second kappa shape index (κ2) is 5.14. The van der Waals surface area contributed by atoms with Crippen LogP contribution in [0.3, 0.4) is 0 Å².